The van der Waals surface area contributed by atoms with Crippen molar-refractivity contribution >= 4 is 5.97 Å². The van der Waals surface area contributed by atoms with Crippen molar-refractivity contribution in [2.24, 2.45) is 0 Å². The average molecular weight is 445 g/mol. The van der Waals surface area contributed by atoms with Crippen LogP contribution in [0.2, 0.25) is 0 Å². The molecular weight excluding hydrogens is 416 g/mol. The minimum absolute atomic E-state index is 0.0633. The van der Waals surface area contributed by atoms with Crippen molar-refractivity contribution in [2.75, 3.05) is 11.6 Å². The maximum absolute atomic E-state index is 12.8. The predicted molar refractivity (Wildman–Crippen MR) is 127 cm³/mol. The highest BCUT2D eigenvalue weighted by Gasteiger charge is 2.45. The summed E-state index contributed by atoms with van der Waals surface area (Å²) in [7, 11) is 0. The van der Waals surface area contributed by atoms with Crippen molar-refractivity contribution in [3.63, 3.8) is 0 Å². The molecular formula is C27H28N2O4. The van der Waals surface area contributed by atoms with Gasteiger partial charge < -0.3 is 9.47 Å². The van der Waals surface area contributed by atoms with E-state index in [9.17, 15) is 9.59 Å². The van der Waals surface area contributed by atoms with E-state index < -0.39 is 5.97 Å². The molecule has 2 aromatic carbocycles. The Hall–Kier alpha value is -3.54. The summed E-state index contributed by atoms with van der Waals surface area (Å²) < 4.78 is 13.2. The summed E-state index contributed by atoms with van der Waals surface area (Å²) in [4.78, 5) is 25.3. The molecule has 6 heteroatoms. The van der Waals surface area contributed by atoms with Crippen LogP contribution in [0.5, 0.6) is 5.75 Å². The van der Waals surface area contributed by atoms with Crippen molar-refractivity contribution in [3.05, 3.63) is 87.7 Å². The van der Waals surface area contributed by atoms with Gasteiger partial charge in [0.05, 0.1) is 23.9 Å². The molecule has 3 aromatic rings. The fraction of sp³-hybridized carbons (Fsp3) is 0.333. The number of benzene rings is 2. The summed E-state index contributed by atoms with van der Waals surface area (Å²) in [5, 5.41) is 2.29. The van der Waals surface area contributed by atoms with Crippen LogP contribution in [0.25, 0.3) is 11.3 Å². The minimum atomic E-state index is -0.582. The summed E-state index contributed by atoms with van der Waals surface area (Å²) in [5.41, 5.74) is 3.63. The van der Waals surface area contributed by atoms with E-state index in [1.54, 1.807) is 19.2 Å². The predicted octanol–water partition coefficient (Wildman–Crippen LogP) is 4.84. The molecule has 0 bridgehead atoms. The maximum atomic E-state index is 12.8. The van der Waals surface area contributed by atoms with Crippen molar-refractivity contribution < 1.29 is 14.3 Å². The molecule has 1 saturated heterocycles. The van der Waals surface area contributed by atoms with Crippen LogP contribution in [0, 0.1) is 0 Å². The lowest BCUT2D eigenvalue weighted by molar-refractivity contribution is 0.0523. The van der Waals surface area contributed by atoms with Gasteiger partial charge in [0.1, 0.15) is 17.9 Å². The van der Waals surface area contributed by atoms with Gasteiger partial charge >= 0.3 is 5.97 Å². The molecule has 0 amide bonds. The van der Waals surface area contributed by atoms with Gasteiger partial charge in [-0.3, -0.25) is 14.5 Å². The molecule has 33 heavy (non-hydrogen) atoms. The van der Waals surface area contributed by atoms with Crippen LogP contribution in [-0.2, 0) is 11.3 Å². The maximum Gasteiger partial charge on any atom is 0.343 e. The molecule has 0 aliphatic carbocycles. The first-order valence-corrected chi connectivity index (χ1v) is 11.4. The first-order chi connectivity index (χ1) is 15.9. The summed E-state index contributed by atoms with van der Waals surface area (Å²) in [6, 6.07) is 17.8. The lowest BCUT2D eigenvalue weighted by atomic mass is 9.94. The molecule has 0 radical (unpaired) electrons. The van der Waals surface area contributed by atoms with Crippen molar-refractivity contribution in [1.29, 1.82) is 0 Å². The molecule has 5 rings (SSSR count). The smallest absolute Gasteiger partial charge is 0.343 e. The monoisotopic (exact) mass is 444 g/mol. The third-order valence-electron chi connectivity index (χ3n) is 6.61. The van der Waals surface area contributed by atoms with Crippen LogP contribution >= 0.6 is 0 Å². The molecule has 170 valence electrons. The molecule has 0 saturated carbocycles. The Labute approximate surface area is 193 Å². The lowest BCUT2D eigenvalue weighted by Gasteiger charge is -2.44. The number of hydrogen-bond donors (Lipinski definition) is 0. The molecule has 0 spiro atoms. The van der Waals surface area contributed by atoms with Gasteiger partial charge in [-0.25, -0.2) is 4.79 Å². The molecule has 1 aromatic heterocycles. The number of fused-ring (bicyclic) bond motifs is 6. The first kappa shape index (κ1) is 21.3. The molecule has 3 heterocycles. The number of esters is 1. The third kappa shape index (κ3) is 3.69. The van der Waals surface area contributed by atoms with Gasteiger partial charge in [-0.1, -0.05) is 30.3 Å². The second-order valence-electron chi connectivity index (χ2n) is 9.24. The Bertz CT molecular complexity index is 1260. The number of ether oxygens (including phenoxy) is 2. The molecule has 2 aliphatic rings. The number of pyridine rings is 1. The van der Waals surface area contributed by atoms with E-state index in [1.165, 1.54) is 0 Å². The Morgan fingerprint density at radius 3 is 2.67 bits per heavy atom. The number of nitrogens with zero attached hydrogens (tertiary/aromatic N) is 2. The molecule has 0 N–H and O–H groups in total. The van der Waals surface area contributed by atoms with E-state index in [4.69, 9.17) is 9.47 Å². The Kier molecular flexibility index (Phi) is 5.23. The molecule has 1 atom stereocenters. The van der Waals surface area contributed by atoms with Gasteiger partial charge in [-0.15, -0.1) is 0 Å². The van der Waals surface area contributed by atoms with E-state index >= 15 is 0 Å². The second-order valence-corrected chi connectivity index (χ2v) is 9.24. The van der Waals surface area contributed by atoms with Crippen LogP contribution in [0.15, 0.2) is 65.6 Å². The van der Waals surface area contributed by atoms with Crippen molar-refractivity contribution in [1.82, 2.24) is 4.68 Å². The Morgan fingerprint density at radius 1 is 1.12 bits per heavy atom. The van der Waals surface area contributed by atoms with Crippen LogP contribution in [0.4, 0.5) is 0 Å². The highest BCUT2D eigenvalue weighted by Crippen LogP contribution is 2.48. The highest BCUT2D eigenvalue weighted by molar-refractivity contribution is 5.89. The number of hydrogen-bond acceptors (Lipinski definition) is 5. The summed E-state index contributed by atoms with van der Waals surface area (Å²) in [5.74, 6) is 0.225. The molecule has 2 aliphatic heterocycles. The van der Waals surface area contributed by atoms with E-state index in [-0.39, 0.29) is 29.2 Å². The van der Waals surface area contributed by atoms with E-state index in [0.29, 0.717) is 6.61 Å². The zero-order valence-electron chi connectivity index (χ0n) is 19.2. The van der Waals surface area contributed by atoms with Crippen LogP contribution in [0.1, 0.15) is 61.1 Å². The van der Waals surface area contributed by atoms with Gasteiger partial charge in [0, 0.05) is 17.8 Å². The largest absolute Gasteiger partial charge is 0.489 e. The van der Waals surface area contributed by atoms with Gasteiger partial charge in [-0.2, -0.15) is 0 Å². The van der Waals surface area contributed by atoms with Crippen molar-refractivity contribution in [3.8, 4) is 17.0 Å². The number of carbonyl (C=O) groups excluding carboxylic acids is 1. The van der Waals surface area contributed by atoms with Gasteiger partial charge in [0.2, 0.25) is 0 Å². The fourth-order valence-electron chi connectivity index (χ4n) is 5.02. The third-order valence-corrected chi connectivity index (χ3v) is 6.61. The average Bonchev–Trinajstić information content (AvgIpc) is 3.13. The molecule has 1 unspecified atom stereocenters. The molecule has 6 nitrogen and oxygen atoms in total. The number of carbonyl (C=O) groups is 1. The van der Waals surface area contributed by atoms with Crippen LogP contribution < -0.4 is 15.2 Å². The lowest BCUT2D eigenvalue weighted by Crippen LogP contribution is -2.50. The van der Waals surface area contributed by atoms with E-state index in [2.05, 4.69) is 24.9 Å². The van der Waals surface area contributed by atoms with Crippen LogP contribution in [-0.4, -0.2) is 22.8 Å². The topological polar surface area (TPSA) is 60.8 Å². The Balaban J connectivity index is 1.58. The minimum Gasteiger partial charge on any atom is -0.489 e. The summed E-state index contributed by atoms with van der Waals surface area (Å²) >= 11 is 0. The fourth-order valence-corrected chi connectivity index (χ4v) is 5.02. The summed E-state index contributed by atoms with van der Waals surface area (Å²) in [6.07, 6.45) is 3.62. The SMILES string of the molecule is CCOC(=O)c1cn2c(cc1=O)-c1ccc(OCc3ccccc3)cc1C1CCC(C)(C)N12. The Morgan fingerprint density at radius 2 is 1.91 bits per heavy atom. The zero-order valence-corrected chi connectivity index (χ0v) is 19.2. The van der Waals surface area contributed by atoms with Gasteiger partial charge in [0.25, 0.3) is 0 Å². The van der Waals surface area contributed by atoms with E-state index in [0.717, 1.165) is 41.0 Å². The highest BCUT2D eigenvalue weighted by atomic mass is 16.5. The van der Waals surface area contributed by atoms with Gasteiger partial charge in [0.15, 0.2) is 5.43 Å². The quantitative estimate of drug-likeness (QED) is 0.527. The standard InChI is InChI=1S/C27H28N2O4/c1-4-32-26(31)22-16-28-24(15-25(22)30)20-11-10-19(33-17-18-8-6-5-7-9-18)14-21(20)23-12-13-27(2,3)29(23)28/h5-11,14-16,23H,4,12-13,17H2,1-3H3. The van der Waals surface area contributed by atoms with Crippen molar-refractivity contribution in [2.45, 2.75) is 51.8 Å². The molecule has 1 fully saturated rings. The first-order valence-electron chi connectivity index (χ1n) is 11.4. The normalized spacial score (nSPS) is 17.7. The number of rotatable bonds is 5. The summed E-state index contributed by atoms with van der Waals surface area (Å²) in [6.45, 7) is 6.85. The zero-order chi connectivity index (χ0) is 23.2. The van der Waals surface area contributed by atoms with Crippen LogP contribution in [0.3, 0.4) is 0 Å². The van der Waals surface area contributed by atoms with Gasteiger partial charge in [-0.05, 0) is 62.9 Å². The second kappa shape index (κ2) is 8.10. The van der Waals surface area contributed by atoms with E-state index in [1.807, 2.05) is 47.1 Å². The number of aromatic nitrogens is 1.